The Bertz CT molecular complexity index is 775. The quantitative estimate of drug-likeness (QED) is 0.892. The molecular weight excluding hydrogens is 308 g/mol. The molecule has 0 radical (unpaired) electrons. The molecule has 0 saturated heterocycles. The van der Waals surface area contributed by atoms with E-state index < -0.39 is 26.6 Å². The van der Waals surface area contributed by atoms with Gasteiger partial charge in [0.1, 0.15) is 16.5 Å². The van der Waals surface area contributed by atoms with E-state index in [1.54, 1.807) is 12.1 Å². The Morgan fingerprint density at radius 2 is 1.82 bits per heavy atom. The van der Waals surface area contributed by atoms with Crippen LogP contribution >= 0.6 is 0 Å². The van der Waals surface area contributed by atoms with Gasteiger partial charge in [-0.3, -0.25) is 4.72 Å². The Balaban J connectivity index is 2.41. The van der Waals surface area contributed by atoms with Crippen LogP contribution in [0, 0.1) is 11.6 Å². The van der Waals surface area contributed by atoms with Crippen LogP contribution in [-0.4, -0.2) is 8.42 Å². The Labute approximate surface area is 129 Å². The molecule has 0 bridgehead atoms. The van der Waals surface area contributed by atoms with Crippen molar-refractivity contribution in [1.29, 1.82) is 0 Å². The number of nitrogens with one attached hydrogen (secondary N) is 1. The summed E-state index contributed by atoms with van der Waals surface area (Å²) in [5.41, 5.74) is 1.23. The van der Waals surface area contributed by atoms with E-state index in [2.05, 4.69) is 4.72 Å². The number of hydrogen-bond acceptors (Lipinski definition) is 2. The molecule has 0 heterocycles. The van der Waals surface area contributed by atoms with Crippen LogP contribution in [0.3, 0.4) is 0 Å². The molecule has 0 amide bonds. The highest BCUT2D eigenvalue weighted by Gasteiger charge is 2.21. The summed E-state index contributed by atoms with van der Waals surface area (Å²) in [6, 6.07) is 9.35. The second-order valence-corrected chi connectivity index (χ2v) is 6.73. The average Bonchev–Trinajstić information content (AvgIpc) is 2.46. The van der Waals surface area contributed by atoms with Gasteiger partial charge in [-0.1, -0.05) is 32.0 Å². The van der Waals surface area contributed by atoms with E-state index in [-0.39, 0.29) is 5.92 Å². The second-order valence-electron chi connectivity index (χ2n) is 5.08. The van der Waals surface area contributed by atoms with Crippen LogP contribution in [-0.2, 0) is 10.0 Å². The zero-order valence-corrected chi connectivity index (χ0v) is 13.1. The van der Waals surface area contributed by atoms with Gasteiger partial charge >= 0.3 is 0 Å². The van der Waals surface area contributed by atoms with Gasteiger partial charge in [0.25, 0.3) is 10.0 Å². The molecule has 0 saturated carbocycles. The molecule has 0 aliphatic carbocycles. The molecular formula is C16H17F2NO2S. The van der Waals surface area contributed by atoms with E-state index >= 15 is 0 Å². The number of sulfonamides is 1. The first-order chi connectivity index (χ1) is 10.3. The van der Waals surface area contributed by atoms with Crippen molar-refractivity contribution in [2.45, 2.75) is 31.1 Å². The molecule has 0 fully saturated rings. The number of hydrogen-bond donors (Lipinski definition) is 1. The highest BCUT2D eigenvalue weighted by molar-refractivity contribution is 7.92. The monoisotopic (exact) mass is 325 g/mol. The normalized spacial score (nSPS) is 12.9. The lowest BCUT2D eigenvalue weighted by Gasteiger charge is -2.16. The van der Waals surface area contributed by atoms with E-state index in [0.717, 1.165) is 24.1 Å². The summed E-state index contributed by atoms with van der Waals surface area (Å²) >= 11 is 0. The minimum absolute atomic E-state index is 0.150. The van der Waals surface area contributed by atoms with Gasteiger partial charge in [-0.15, -0.1) is 0 Å². The molecule has 0 spiro atoms. The molecule has 2 rings (SSSR count). The summed E-state index contributed by atoms with van der Waals surface area (Å²) in [7, 11) is -4.12. The first kappa shape index (κ1) is 16.4. The SMILES string of the molecule is CCC(C)c1ccccc1NS(=O)(=O)c1ccc(F)cc1F. The zero-order valence-electron chi connectivity index (χ0n) is 12.3. The van der Waals surface area contributed by atoms with Gasteiger partial charge in [-0.2, -0.15) is 0 Å². The van der Waals surface area contributed by atoms with Crippen molar-refractivity contribution < 1.29 is 17.2 Å². The van der Waals surface area contributed by atoms with Gasteiger partial charge in [0.2, 0.25) is 0 Å². The van der Waals surface area contributed by atoms with Crippen molar-refractivity contribution >= 4 is 15.7 Å². The Kier molecular flexibility index (Phi) is 4.81. The molecule has 1 atom stereocenters. The van der Waals surface area contributed by atoms with Gasteiger partial charge in [-0.05, 0) is 36.1 Å². The number of benzene rings is 2. The molecule has 2 aromatic rings. The molecule has 22 heavy (non-hydrogen) atoms. The maximum atomic E-state index is 13.7. The fourth-order valence-corrected chi connectivity index (χ4v) is 3.28. The first-order valence-electron chi connectivity index (χ1n) is 6.92. The average molecular weight is 325 g/mol. The lowest BCUT2D eigenvalue weighted by molar-refractivity contribution is 0.551. The predicted octanol–water partition coefficient (Wildman–Crippen LogP) is 4.28. The maximum absolute atomic E-state index is 13.7. The third kappa shape index (κ3) is 3.44. The number of anilines is 1. The van der Waals surface area contributed by atoms with E-state index in [4.69, 9.17) is 0 Å². The molecule has 2 aromatic carbocycles. The highest BCUT2D eigenvalue weighted by atomic mass is 32.2. The topological polar surface area (TPSA) is 46.2 Å². The summed E-state index contributed by atoms with van der Waals surface area (Å²) in [6.45, 7) is 3.97. The van der Waals surface area contributed by atoms with Crippen LogP contribution in [0.2, 0.25) is 0 Å². The van der Waals surface area contributed by atoms with Crippen molar-refractivity contribution in [3.05, 3.63) is 59.7 Å². The molecule has 0 aliphatic rings. The largest absolute Gasteiger partial charge is 0.279 e. The van der Waals surface area contributed by atoms with Crippen molar-refractivity contribution in [2.75, 3.05) is 4.72 Å². The van der Waals surface area contributed by atoms with E-state index in [9.17, 15) is 17.2 Å². The smallest absolute Gasteiger partial charge is 0.264 e. The molecule has 0 aliphatic heterocycles. The summed E-state index contributed by atoms with van der Waals surface area (Å²) in [6.07, 6.45) is 0.837. The van der Waals surface area contributed by atoms with Gasteiger partial charge in [0, 0.05) is 6.07 Å². The molecule has 6 heteroatoms. The number of rotatable bonds is 5. The summed E-state index contributed by atoms with van der Waals surface area (Å²) in [5, 5.41) is 0. The first-order valence-corrected chi connectivity index (χ1v) is 8.40. The highest BCUT2D eigenvalue weighted by Crippen LogP contribution is 2.28. The fourth-order valence-electron chi connectivity index (χ4n) is 2.13. The van der Waals surface area contributed by atoms with Gasteiger partial charge in [0.05, 0.1) is 5.69 Å². The van der Waals surface area contributed by atoms with E-state index in [1.165, 1.54) is 0 Å². The lowest BCUT2D eigenvalue weighted by atomic mass is 9.97. The van der Waals surface area contributed by atoms with Gasteiger partial charge in [0.15, 0.2) is 0 Å². The maximum Gasteiger partial charge on any atom is 0.264 e. The third-order valence-electron chi connectivity index (χ3n) is 3.53. The van der Waals surface area contributed by atoms with Crippen molar-refractivity contribution in [3.8, 4) is 0 Å². The second kappa shape index (κ2) is 6.44. The molecule has 1 N–H and O–H groups in total. The number of halogens is 2. The van der Waals surface area contributed by atoms with Crippen molar-refractivity contribution in [1.82, 2.24) is 0 Å². The fraction of sp³-hybridized carbons (Fsp3) is 0.250. The molecule has 118 valence electrons. The minimum atomic E-state index is -4.12. The standard InChI is InChI=1S/C16H17F2NO2S/c1-3-11(2)13-6-4-5-7-15(13)19-22(20,21)16-9-8-12(17)10-14(16)18/h4-11,19H,3H2,1-2H3. The minimum Gasteiger partial charge on any atom is -0.279 e. The van der Waals surface area contributed by atoms with Gasteiger partial charge in [-0.25, -0.2) is 17.2 Å². The van der Waals surface area contributed by atoms with Crippen LogP contribution in [0.4, 0.5) is 14.5 Å². The molecule has 0 aromatic heterocycles. The van der Waals surface area contributed by atoms with Crippen LogP contribution in [0.15, 0.2) is 47.4 Å². The Hall–Kier alpha value is -1.95. The summed E-state index contributed by atoms with van der Waals surface area (Å²) in [5.74, 6) is -1.79. The van der Waals surface area contributed by atoms with Crippen molar-refractivity contribution in [2.24, 2.45) is 0 Å². The Morgan fingerprint density at radius 1 is 1.14 bits per heavy atom. The molecule has 3 nitrogen and oxygen atoms in total. The number of para-hydroxylation sites is 1. The van der Waals surface area contributed by atoms with Crippen LogP contribution in [0.25, 0.3) is 0 Å². The van der Waals surface area contributed by atoms with E-state index in [0.29, 0.717) is 11.8 Å². The summed E-state index contributed by atoms with van der Waals surface area (Å²) in [4.78, 5) is -0.576. The predicted molar refractivity (Wildman–Crippen MR) is 82.3 cm³/mol. The Morgan fingerprint density at radius 3 is 2.45 bits per heavy atom. The van der Waals surface area contributed by atoms with Crippen molar-refractivity contribution in [3.63, 3.8) is 0 Å². The lowest BCUT2D eigenvalue weighted by Crippen LogP contribution is -2.16. The summed E-state index contributed by atoms with van der Waals surface area (Å²) < 4.78 is 53.7. The third-order valence-corrected chi connectivity index (χ3v) is 4.93. The van der Waals surface area contributed by atoms with Crippen LogP contribution in [0.5, 0.6) is 0 Å². The van der Waals surface area contributed by atoms with Crippen LogP contribution in [0.1, 0.15) is 31.7 Å². The zero-order chi connectivity index (χ0) is 16.3. The van der Waals surface area contributed by atoms with Gasteiger partial charge < -0.3 is 0 Å². The molecule has 1 unspecified atom stereocenters. The van der Waals surface area contributed by atoms with Crippen LogP contribution < -0.4 is 4.72 Å². The van der Waals surface area contributed by atoms with E-state index in [1.807, 2.05) is 26.0 Å².